The number of hydrogen-bond donors (Lipinski definition) is 1. The fraction of sp³-hybridized carbons (Fsp3) is 0.480. The van der Waals surface area contributed by atoms with Crippen LogP contribution in [0.2, 0.25) is 0 Å². The highest BCUT2D eigenvalue weighted by molar-refractivity contribution is 7.89. The van der Waals surface area contributed by atoms with E-state index >= 15 is 0 Å². The number of piperidine rings is 1. The number of benzene rings is 2. The lowest BCUT2D eigenvalue weighted by atomic mass is 9.87. The number of hydrogen-bond acceptors (Lipinski definition) is 4. The summed E-state index contributed by atoms with van der Waals surface area (Å²) in [7, 11) is -3.61. The van der Waals surface area contributed by atoms with Crippen molar-refractivity contribution >= 4 is 15.9 Å². The molecule has 0 atom stereocenters. The smallest absolute Gasteiger partial charge is 0.253 e. The van der Waals surface area contributed by atoms with Gasteiger partial charge >= 0.3 is 0 Å². The molecule has 3 rings (SSSR count). The van der Waals surface area contributed by atoms with Crippen LogP contribution < -0.4 is 4.72 Å². The van der Waals surface area contributed by atoms with Gasteiger partial charge in [-0.2, -0.15) is 0 Å². The van der Waals surface area contributed by atoms with Crippen molar-refractivity contribution in [3.8, 4) is 0 Å². The molecule has 1 N–H and O–H groups in total. The van der Waals surface area contributed by atoms with E-state index in [9.17, 15) is 13.2 Å². The second kappa shape index (κ2) is 10.1. The summed E-state index contributed by atoms with van der Waals surface area (Å²) in [5.74, 6) is 0.00557. The Bertz CT molecular complexity index is 1000. The number of ether oxygens (including phenoxy) is 1. The zero-order valence-electron chi connectivity index (χ0n) is 19.4. The first-order valence-corrected chi connectivity index (χ1v) is 12.7. The van der Waals surface area contributed by atoms with E-state index in [1.807, 2.05) is 24.0 Å². The minimum Gasteiger partial charge on any atom is -0.378 e. The Labute approximate surface area is 192 Å². The summed E-state index contributed by atoms with van der Waals surface area (Å²) < 4.78 is 33.6. The molecule has 1 heterocycles. The molecule has 0 spiro atoms. The van der Waals surface area contributed by atoms with Crippen LogP contribution in [-0.4, -0.2) is 45.0 Å². The molecule has 0 unspecified atom stereocenters. The number of nitrogens with one attached hydrogen (secondary N) is 1. The highest BCUT2D eigenvalue weighted by Gasteiger charge is 2.24. The van der Waals surface area contributed by atoms with E-state index in [-0.39, 0.29) is 28.9 Å². The van der Waals surface area contributed by atoms with Gasteiger partial charge < -0.3 is 9.64 Å². The average molecular weight is 459 g/mol. The Kier molecular flexibility index (Phi) is 7.75. The van der Waals surface area contributed by atoms with Gasteiger partial charge in [0, 0.05) is 31.8 Å². The highest BCUT2D eigenvalue weighted by atomic mass is 32.2. The lowest BCUT2D eigenvalue weighted by Crippen LogP contribution is -2.40. The van der Waals surface area contributed by atoms with E-state index in [1.165, 1.54) is 0 Å². The predicted octanol–water partition coefficient (Wildman–Crippen LogP) is 4.10. The highest BCUT2D eigenvalue weighted by Crippen LogP contribution is 2.23. The summed E-state index contributed by atoms with van der Waals surface area (Å²) >= 11 is 0. The molecule has 6 nitrogen and oxygen atoms in total. The normalized spacial score (nSPS) is 15.7. The van der Waals surface area contributed by atoms with Gasteiger partial charge in [-0.3, -0.25) is 4.79 Å². The van der Waals surface area contributed by atoms with Gasteiger partial charge in [0.25, 0.3) is 5.91 Å². The molecule has 1 fully saturated rings. The molecular formula is C25H34N2O4S. The van der Waals surface area contributed by atoms with Crippen molar-refractivity contribution in [1.82, 2.24) is 9.62 Å². The van der Waals surface area contributed by atoms with Gasteiger partial charge in [-0.25, -0.2) is 13.1 Å². The number of carbonyl (C=O) groups excluding carboxylic acids is 1. The maximum absolute atomic E-state index is 12.7. The molecule has 0 saturated carbocycles. The summed E-state index contributed by atoms with van der Waals surface area (Å²) in [5, 5.41) is 0. The van der Waals surface area contributed by atoms with Crippen LogP contribution >= 0.6 is 0 Å². The molecule has 0 aliphatic carbocycles. The zero-order chi connectivity index (χ0) is 23.4. The standard InChI is InChI=1S/C25H34N2O4S/c1-5-31-22-14-16-27(17-15-22)24(28)20-8-6-19(7-9-20)18-26-32(29,30)23-12-10-21(11-13-23)25(2,3)4/h6-13,22,26H,5,14-18H2,1-4H3. The topological polar surface area (TPSA) is 75.7 Å². The number of carbonyl (C=O) groups is 1. The maximum Gasteiger partial charge on any atom is 0.253 e. The molecule has 0 radical (unpaired) electrons. The van der Waals surface area contributed by atoms with Crippen molar-refractivity contribution in [2.24, 2.45) is 0 Å². The molecule has 1 aliphatic rings. The van der Waals surface area contributed by atoms with Crippen LogP contribution in [0.25, 0.3) is 0 Å². The molecule has 1 amide bonds. The van der Waals surface area contributed by atoms with Crippen molar-refractivity contribution in [2.45, 2.75) is 63.5 Å². The van der Waals surface area contributed by atoms with Crippen LogP contribution in [0.1, 0.15) is 62.0 Å². The first-order chi connectivity index (χ1) is 15.1. The number of rotatable bonds is 7. The maximum atomic E-state index is 12.7. The third-order valence-electron chi connectivity index (χ3n) is 5.83. The Hall–Kier alpha value is -2.22. The molecule has 0 aromatic heterocycles. The lowest BCUT2D eigenvalue weighted by Gasteiger charge is -2.31. The molecular weight excluding hydrogens is 424 g/mol. The van der Waals surface area contributed by atoms with Crippen molar-refractivity contribution in [2.75, 3.05) is 19.7 Å². The van der Waals surface area contributed by atoms with Crippen molar-refractivity contribution in [3.05, 3.63) is 65.2 Å². The zero-order valence-corrected chi connectivity index (χ0v) is 20.2. The van der Waals surface area contributed by atoms with E-state index < -0.39 is 10.0 Å². The number of amides is 1. The van der Waals surface area contributed by atoms with Gasteiger partial charge in [0.1, 0.15) is 0 Å². The monoisotopic (exact) mass is 458 g/mol. The van der Waals surface area contributed by atoms with Crippen LogP contribution in [0.15, 0.2) is 53.4 Å². The van der Waals surface area contributed by atoms with E-state index in [1.54, 1.807) is 36.4 Å². The molecule has 1 aliphatic heterocycles. The van der Waals surface area contributed by atoms with Crippen molar-refractivity contribution in [3.63, 3.8) is 0 Å². The van der Waals surface area contributed by atoms with Gasteiger partial charge in [-0.15, -0.1) is 0 Å². The van der Waals surface area contributed by atoms with E-state index in [2.05, 4.69) is 25.5 Å². The van der Waals surface area contributed by atoms with Crippen LogP contribution in [0.4, 0.5) is 0 Å². The van der Waals surface area contributed by atoms with Crippen LogP contribution in [0.3, 0.4) is 0 Å². The number of sulfonamides is 1. The average Bonchev–Trinajstić information content (AvgIpc) is 2.78. The number of nitrogens with zero attached hydrogens (tertiary/aromatic N) is 1. The molecule has 32 heavy (non-hydrogen) atoms. The summed E-state index contributed by atoms with van der Waals surface area (Å²) in [5.41, 5.74) is 2.46. The van der Waals surface area contributed by atoms with Crippen LogP contribution in [0.5, 0.6) is 0 Å². The van der Waals surface area contributed by atoms with Gasteiger partial charge in [0.05, 0.1) is 11.0 Å². The predicted molar refractivity (Wildman–Crippen MR) is 126 cm³/mol. The minimum atomic E-state index is -3.61. The fourth-order valence-corrected chi connectivity index (χ4v) is 4.82. The Balaban J connectivity index is 1.57. The summed E-state index contributed by atoms with van der Waals surface area (Å²) in [6.07, 6.45) is 1.95. The Morgan fingerprint density at radius 1 is 1.03 bits per heavy atom. The van der Waals surface area contributed by atoms with Gasteiger partial charge in [0.15, 0.2) is 0 Å². The minimum absolute atomic E-state index is 0.00557. The first-order valence-electron chi connectivity index (χ1n) is 11.2. The van der Waals surface area contributed by atoms with Crippen molar-refractivity contribution in [1.29, 1.82) is 0 Å². The van der Waals surface area contributed by atoms with Gasteiger partial charge in [0.2, 0.25) is 10.0 Å². The van der Waals surface area contributed by atoms with E-state index in [4.69, 9.17) is 4.74 Å². The van der Waals surface area contributed by atoms with Crippen molar-refractivity contribution < 1.29 is 17.9 Å². The Morgan fingerprint density at radius 3 is 2.16 bits per heavy atom. The lowest BCUT2D eigenvalue weighted by molar-refractivity contribution is 0.0146. The van der Waals surface area contributed by atoms with E-state index in [0.717, 1.165) is 24.0 Å². The second-order valence-electron chi connectivity index (χ2n) is 9.24. The van der Waals surface area contributed by atoms with Crippen LogP contribution in [-0.2, 0) is 26.7 Å². The summed E-state index contributed by atoms with van der Waals surface area (Å²) in [6.45, 7) is 10.5. The molecule has 0 bridgehead atoms. The largest absolute Gasteiger partial charge is 0.378 e. The first kappa shape index (κ1) is 24.4. The van der Waals surface area contributed by atoms with Gasteiger partial charge in [-0.1, -0.05) is 45.0 Å². The number of likely N-dealkylation sites (tertiary alicyclic amines) is 1. The quantitative estimate of drug-likeness (QED) is 0.678. The summed E-state index contributed by atoms with van der Waals surface area (Å²) in [6, 6.07) is 14.1. The van der Waals surface area contributed by atoms with Crippen LogP contribution in [0, 0.1) is 0 Å². The molecule has 174 valence electrons. The van der Waals surface area contributed by atoms with Gasteiger partial charge in [-0.05, 0) is 60.6 Å². The summed E-state index contributed by atoms with van der Waals surface area (Å²) in [4.78, 5) is 14.8. The fourth-order valence-electron chi connectivity index (χ4n) is 3.80. The second-order valence-corrected chi connectivity index (χ2v) is 11.0. The van der Waals surface area contributed by atoms with E-state index in [0.29, 0.717) is 25.3 Å². The third-order valence-corrected chi connectivity index (χ3v) is 7.25. The molecule has 2 aromatic carbocycles. The molecule has 1 saturated heterocycles. The third kappa shape index (κ3) is 6.18. The SMILES string of the molecule is CCOC1CCN(C(=O)c2ccc(CNS(=O)(=O)c3ccc(C(C)(C)C)cc3)cc2)CC1. The molecule has 2 aromatic rings. The molecule has 7 heteroatoms. The Morgan fingerprint density at radius 2 is 1.62 bits per heavy atom.